The van der Waals surface area contributed by atoms with E-state index in [0.717, 1.165) is 20.4 Å². The van der Waals surface area contributed by atoms with E-state index in [1.54, 1.807) is 18.1 Å². The van der Waals surface area contributed by atoms with Gasteiger partial charge in [0.2, 0.25) is 0 Å². The number of rotatable bonds is 3. The van der Waals surface area contributed by atoms with Crippen molar-refractivity contribution in [3.63, 3.8) is 0 Å². The second-order valence-corrected chi connectivity index (χ2v) is 5.30. The van der Waals surface area contributed by atoms with Gasteiger partial charge in [-0.25, -0.2) is 4.98 Å². The van der Waals surface area contributed by atoms with E-state index in [2.05, 4.69) is 9.36 Å². The molecule has 0 radical (unpaired) electrons. The first-order valence-electron chi connectivity index (χ1n) is 4.56. The standard InChI is InChI=1S/C10H10N4S2/c1-6-4-7(2-3-8(6)9(11)12)15-10-13-5-14-16-10/h2-5H,1H3,(H3,11,12). The quantitative estimate of drug-likeness (QED) is 0.647. The van der Waals surface area contributed by atoms with Gasteiger partial charge < -0.3 is 5.73 Å². The Hall–Kier alpha value is -1.40. The molecule has 0 saturated heterocycles. The molecular weight excluding hydrogens is 240 g/mol. The monoisotopic (exact) mass is 250 g/mol. The van der Waals surface area contributed by atoms with Gasteiger partial charge in [-0.15, -0.1) is 0 Å². The van der Waals surface area contributed by atoms with E-state index < -0.39 is 0 Å². The summed E-state index contributed by atoms with van der Waals surface area (Å²) < 4.78 is 4.85. The summed E-state index contributed by atoms with van der Waals surface area (Å²) in [7, 11) is 0. The van der Waals surface area contributed by atoms with Crippen LogP contribution >= 0.6 is 23.3 Å². The number of aromatic nitrogens is 2. The van der Waals surface area contributed by atoms with Gasteiger partial charge in [0.15, 0.2) is 4.34 Å². The van der Waals surface area contributed by atoms with Gasteiger partial charge in [0.1, 0.15) is 12.2 Å². The van der Waals surface area contributed by atoms with E-state index >= 15 is 0 Å². The zero-order valence-corrected chi connectivity index (χ0v) is 10.2. The molecule has 1 aromatic heterocycles. The Morgan fingerprint density at radius 3 is 2.88 bits per heavy atom. The van der Waals surface area contributed by atoms with Gasteiger partial charge in [-0.05, 0) is 42.2 Å². The van der Waals surface area contributed by atoms with Crippen LogP contribution in [-0.2, 0) is 0 Å². The van der Waals surface area contributed by atoms with Gasteiger partial charge in [-0.1, -0.05) is 11.8 Å². The van der Waals surface area contributed by atoms with Crippen molar-refractivity contribution in [2.75, 3.05) is 0 Å². The minimum atomic E-state index is 0.102. The Labute approximate surface area is 102 Å². The number of nitrogens with zero attached hydrogens (tertiary/aromatic N) is 2. The van der Waals surface area contributed by atoms with Crippen LogP contribution in [0.2, 0.25) is 0 Å². The van der Waals surface area contributed by atoms with Crippen molar-refractivity contribution in [1.82, 2.24) is 9.36 Å². The fourth-order valence-electron chi connectivity index (χ4n) is 1.31. The maximum atomic E-state index is 7.39. The predicted octanol–water partition coefficient (Wildman–Crippen LogP) is 2.28. The minimum Gasteiger partial charge on any atom is -0.384 e. The maximum Gasteiger partial charge on any atom is 0.174 e. The molecule has 0 fully saturated rings. The first kappa shape index (κ1) is 11.1. The number of amidine groups is 1. The number of hydrogen-bond acceptors (Lipinski definition) is 5. The molecule has 0 unspecified atom stereocenters. The molecular formula is C10H10N4S2. The third-order valence-electron chi connectivity index (χ3n) is 2.03. The smallest absolute Gasteiger partial charge is 0.174 e. The Morgan fingerprint density at radius 2 is 2.31 bits per heavy atom. The second-order valence-electron chi connectivity index (χ2n) is 3.20. The number of hydrogen-bond donors (Lipinski definition) is 2. The van der Waals surface area contributed by atoms with E-state index in [0.29, 0.717) is 0 Å². The lowest BCUT2D eigenvalue weighted by molar-refractivity contribution is 1.21. The summed E-state index contributed by atoms with van der Waals surface area (Å²) in [5.41, 5.74) is 7.24. The lowest BCUT2D eigenvalue weighted by atomic mass is 10.1. The molecule has 1 aromatic carbocycles. The molecule has 0 bridgehead atoms. The van der Waals surface area contributed by atoms with E-state index in [1.807, 2.05) is 25.1 Å². The molecule has 82 valence electrons. The van der Waals surface area contributed by atoms with E-state index in [4.69, 9.17) is 11.1 Å². The summed E-state index contributed by atoms with van der Waals surface area (Å²) in [5, 5.41) is 7.39. The molecule has 16 heavy (non-hydrogen) atoms. The number of nitrogens with one attached hydrogen (secondary N) is 1. The van der Waals surface area contributed by atoms with Gasteiger partial charge >= 0.3 is 0 Å². The molecule has 2 rings (SSSR count). The maximum absolute atomic E-state index is 7.39. The van der Waals surface area contributed by atoms with Crippen LogP contribution in [0.4, 0.5) is 0 Å². The third kappa shape index (κ3) is 2.40. The first-order valence-corrected chi connectivity index (χ1v) is 6.15. The third-order valence-corrected chi connectivity index (χ3v) is 3.74. The van der Waals surface area contributed by atoms with Gasteiger partial charge in [0.25, 0.3) is 0 Å². The largest absolute Gasteiger partial charge is 0.384 e. The van der Waals surface area contributed by atoms with Gasteiger partial charge in [0, 0.05) is 10.5 Å². The number of nitrogens with two attached hydrogens (primary N) is 1. The van der Waals surface area contributed by atoms with Crippen molar-refractivity contribution < 1.29 is 0 Å². The highest BCUT2D eigenvalue weighted by Gasteiger charge is 2.05. The molecule has 0 aliphatic carbocycles. The van der Waals surface area contributed by atoms with Crippen molar-refractivity contribution >= 4 is 29.1 Å². The molecule has 0 saturated carbocycles. The van der Waals surface area contributed by atoms with E-state index in [1.165, 1.54) is 11.5 Å². The van der Waals surface area contributed by atoms with E-state index in [9.17, 15) is 0 Å². The van der Waals surface area contributed by atoms with Crippen LogP contribution in [-0.4, -0.2) is 15.2 Å². The zero-order valence-electron chi connectivity index (χ0n) is 8.60. The van der Waals surface area contributed by atoms with Crippen LogP contribution in [0, 0.1) is 12.3 Å². The lowest BCUT2D eigenvalue weighted by Gasteiger charge is -2.05. The average Bonchev–Trinajstić information content (AvgIpc) is 2.70. The lowest BCUT2D eigenvalue weighted by Crippen LogP contribution is -2.12. The molecule has 6 heteroatoms. The summed E-state index contributed by atoms with van der Waals surface area (Å²) in [6.07, 6.45) is 1.55. The highest BCUT2D eigenvalue weighted by molar-refractivity contribution is 8.01. The SMILES string of the molecule is Cc1cc(Sc2ncns2)ccc1C(=N)N. The Morgan fingerprint density at radius 1 is 1.50 bits per heavy atom. The van der Waals surface area contributed by atoms with Gasteiger partial charge in [-0.2, -0.15) is 4.37 Å². The van der Waals surface area contributed by atoms with Crippen LogP contribution in [0.5, 0.6) is 0 Å². The summed E-state index contributed by atoms with van der Waals surface area (Å²) in [6.45, 7) is 1.95. The summed E-state index contributed by atoms with van der Waals surface area (Å²) in [5.74, 6) is 0.102. The van der Waals surface area contributed by atoms with Crippen LogP contribution in [0.15, 0.2) is 33.8 Å². The second kappa shape index (κ2) is 4.63. The van der Waals surface area contributed by atoms with Crippen molar-refractivity contribution in [3.8, 4) is 0 Å². The summed E-state index contributed by atoms with van der Waals surface area (Å²) >= 11 is 2.93. The van der Waals surface area contributed by atoms with Crippen LogP contribution < -0.4 is 5.73 Å². The van der Waals surface area contributed by atoms with Crippen LogP contribution in [0.3, 0.4) is 0 Å². The number of benzene rings is 1. The average molecular weight is 250 g/mol. The first-order chi connectivity index (χ1) is 7.66. The normalized spacial score (nSPS) is 10.3. The van der Waals surface area contributed by atoms with Crippen molar-refractivity contribution in [3.05, 3.63) is 35.7 Å². The van der Waals surface area contributed by atoms with Gasteiger partial charge in [-0.3, -0.25) is 5.41 Å². The van der Waals surface area contributed by atoms with Crippen molar-refractivity contribution in [2.24, 2.45) is 5.73 Å². The molecule has 2 aromatic rings. The van der Waals surface area contributed by atoms with Gasteiger partial charge in [0.05, 0.1) is 0 Å². The minimum absolute atomic E-state index is 0.102. The Bertz CT molecular complexity index is 508. The molecule has 0 aliphatic heterocycles. The Balaban J connectivity index is 2.24. The van der Waals surface area contributed by atoms with Crippen molar-refractivity contribution in [1.29, 1.82) is 5.41 Å². The fourth-order valence-corrected chi connectivity index (χ4v) is 2.83. The molecule has 0 amide bonds. The highest BCUT2D eigenvalue weighted by atomic mass is 32.2. The highest BCUT2D eigenvalue weighted by Crippen LogP contribution is 2.29. The molecule has 0 spiro atoms. The van der Waals surface area contributed by atoms with Crippen LogP contribution in [0.25, 0.3) is 0 Å². The zero-order chi connectivity index (χ0) is 11.5. The molecule has 4 nitrogen and oxygen atoms in total. The van der Waals surface area contributed by atoms with Crippen LogP contribution in [0.1, 0.15) is 11.1 Å². The summed E-state index contributed by atoms with van der Waals surface area (Å²) in [6, 6.07) is 5.81. The fraction of sp³-hybridized carbons (Fsp3) is 0.100. The molecule has 0 atom stereocenters. The molecule has 0 aliphatic rings. The number of nitrogen functional groups attached to an aromatic ring is 1. The van der Waals surface area contributed by atoms with Crippen molar-refractivity contribution in [2.45, 2.75) is 16.2 Å². The molecule has 1 heterocycles. The summed E-state index contributed by atoms with van der Waals surface area (Å²) in [4.78, 5) is 5.18. The predicted molar refractivity (Wildman–Crippen MR) is 66.2 cm³/mol. The topological polar surface area (TPSA) is 75.7 Å². The molecule has 3 N–H and O–H groups in total. The Kier molecular flexibility index (Phi) is 3.21. The number of aryl methyl sites for hydroxylation is 1. The van der Waals surface area contributed by atoms with E-state index in [-0.39, 0.29) is 5.84 Å².